The van der Waals surface area contributed by atoms with Gasteiger partial charge in [-0.3, -0.25) is 4.99 Å². The van der Waals surface area contributed by atoms with Crippen LogP contribution in [-0.2, 0) is 0 Å². The number of benzene rings is 1. The zero-order valence-corrected chi connectivity index (χ0v) is 15.6. The maximum atomic E-state index is 13.0. The Morgan fingerprint density at radius 3 is 2.68 bits per heavy atom. The highest BCUT2D eigenvalue weighted by molar-refractivity contribution is 8.00. The molecule has 3 rings (SSSR count). The van der Waals surface area contributed by atoms with Crippen molar-refractivity contribution in [1.82, 2.24) is 9.88 Å². The molecule has 1 fully saturated rings. The number of piperazine rings is 1. The molecule has 0 aliphatic carbocycles. The van der Waals surface area contributed by atoms with E-state index < -0.39 is 0 Å². The third kappa shape index (κ3) is 5.34. The summed E-state index contributed by atoms with van der Waals surface area (Å²) in [6.07, 6.45) is 2.81. The number of hydrogen-bond donors (Lipinski definition) is 1. The number of hydrogen-bond acceptors (Lipinski definition) is 5. The molecule has 0 saturated carbocycles. The number of nitrogens with two attached hydrogens (primary N) is 1. The van der Waals surface area contributed by atoms with Gasteiger partial charge in [-0.15, -0.1) is 11.3 Å². The number of thioether (sulfide) groups is 1. The van der Waals surface area contributed by atoms with Crippen molar-refractivity contribution in [1.29, 1.82) is 0 Å². The Balaban J connectivity index is 1.38. The molecule has 1 saturated heterocycles. The van der Waals surface area contributed by atoms with Crippen LogP contribution in [0.5, 0.6) is 0 Å². The molecule has 0 unspecified atom stereocenters. The molecule has 0 bridgehead atoms. The minimum Gasteiger partial charge on any atom is -0.370 e. The van der Waals surface area contributed by atoms with Gasteiger partial charge in [-0.05, 0) is 30.7 Å². The summed E-state index contributed by atoms with van der Waals surface area (Å²) in [7, 11) is 0. The van der Waals surface area contributed by atoms with Crippen LogP contribution in [0.2, 0.25) is 0 Å². The van der Waals surface area contributed by atoms with E-state index in [2.05, 4.69) is 19.8 Å². The van der Waals surface area contributed by atoms with Crippen molar-refractivity contribution in [2.45, 2.75) is 10.8 Å². The molecular formula is C17H22FN5S2. The topological polar surface area (TPSA) is 57.8 Å². The lowest BCUT2D eigenvalue weighted by molar-refractivity contribution is 0.381. The van der Waals surface area contributed by atoms with Crippen LogP contribution in [0, 0.1) is 5.82 Å². The Morgan fingerprint density at radius 1 is 1.24 bits per heavy atom. The first kappa shape index (κ1) is 18.0. The first-order valence-electron chi connectivity index (χ1n) is 8.30. The van der Waals surface area contributed by atoms with Crippen LogP contribution in [0.15, 0.2) is 45.2 Å². The molecule has 2 heterocycles. The normalized spacial score (nSPS) is 15.6. The Bertz CT molecular complexity index is 667. The van der Waals surface area contributed by atoms with Crippen LogP contribution < -0.4 is 10.6 Å². The SMILES string of the molecule is NC(=NCCCSc1nccs1)N1CCN(c2ccc(F)cc2)CC1. The standard InChI is InChI=1S/C17H22FN5S2/c18-14-2-4-15(5-3-14)22-8-10-23(11-9-22)16(19)20-6-1-12-24-17-21-7-13-25-17/h2-5,7,13H,1,6,8-12H2,(H2,19,20). The van der Waals surface area contributed by atoms with Crippen LogP contribution in [0.3, 0.4) is 0 Å². The Morgan fingerprint density at radius 2 is 2.00 bits per heavy atom. The van der Waals surface area contributed by atoms with Crippen molar-refractivity contribution in [3.63, 3.8) is 0 Å². The minimum atomic E-state index is -0.202. The van der Waals surface area contributed by atoms with Crippen molar-refractivity contribution >= 4 is 34.7 Å². The van der Waals surface area contributed by atoms with Gasteiger partial charge in [0.1, 0.15) is 10.2 Å². The fraction of sp³-hybridized carbons (Fsp3) is 0.412. The van der Waals surface area contributed by atoms with E-state index in [1.165, 1.54) is 12.1 Å². The molecule has 0 atom stereocenters. The molecule has 0 amide bonds. The van der Waals surface area contributed by atoms with Crippen molar-refractivity contribution in [3.05, 3.63) is 41.7 Å². The van der Waals surface area contributed by atoms with Gasteiger partial charge in [-0.2, -0.15) is 0 Å². The number of rotatable bonds is 6. The first-order chi connectivity index (χ1) is 12.2. The second-order valence-corrected chi connectivity index (χ2v) is 7.93. The highest BCUT2D eigenvalue weighted by atomic mass is 32.2. The van der Waals surface area contributed by atoms with Gasteiger partial charge in [0, 0.05) is 55.7 Å². The van der Waals surface area contributed by atoms with Gasteiger partial charge in [-0.25, -0.2) is 9.37 Å². The molecule has 0 spiro atoms. The van der Waals surface area contributed by atoms with Crippen LogP contribution in [0.25, 0.3) is 0 Å². The average Bonchev–Trinajstić information content (AvgIpc) is 3.15. The molecule has 1 aliphatic heterocycles. The molecule has 0 radical (unpaired) electrons. The summed E-state index contributed by atoms with van der Waals surface area (Å²) < 4.78 is 14.1. The second kappa shape index (κ2) is 9.05. The molecule has 25 heavy (non-hydrogen) atoms. The van der Waals surface area contributed by atoms with E-state index >= 15 is 0 Å². The van der Waals surface area contributed by atoms with Gasteiger partial charge in [0.05, 0.1) is 0 Å². The van der Waals surface area contributed by atoms with Gasteiger partial charge in [0.2, 0.25) is 0 Å². The van der Waals surface area contributed by atoms with Crippen molar-refractivity contribution < 1.29 is 4.39 Å². The number of guanidine groups is 1. The molecule has 5 nitrogen and oxygen atoms in total. The van der Waals surface area contributed by atoms with Crippen molar-refractivity contribution in [2.24, 2.45) is 10.7 Å². The van der Waals surface area contributed by atoms with E-state index in [1.807, 2.05) is 23.7 Å². The lowest BCUT2D eigenvalue weighted by Gasteiger charge is -2.36. The van der Waals surface area contributed by atoms with Gasteiger partial charge in [0.25, 0.3) is 0 Å². The molecule has 2 aromatic rings. The number of aliphatic imine (C=N–C) groups is 1. The van der Waals surface area contributed by atoms with E-state index in [0.717, 1.165) is 54.9 Å². The summed E-state index contributed by atoms with van der Waals surface area (Å²) in [5, 5.41) is 1.99. The van der Waals surface area contributed by atoms with Crippen LogP contribution >= 0.6 is 23.1 Å². The summed E-state index contributed by atoms with van der Waals surface area (Å²) in [5.74, 6) is 1.42. The Hall–Kier alpha value is -1.80. The number of halogens is 1. The van der Waals surface area contributed by atoms with Crippen molar-refractivity contribution in [3.8, 4) is 0 Å². The number of nitrogens with zero attached hydrogens (tertiary/aromatic N) is 4. The summed E-state index contributed by atoms with van der Waals surface area (Å²) in [5.41, 5.74) is 7.17. The van der Waals surface area contributed by atoms with E-state index in [9.17, 15) is 4.39 Å². The van der Waals surface area contributed by atoms with E-state index in [1.54, 1.807) is 23.1 Å². The largest absolute Gasteiger partial charge is 0.370 e. The van der Waals surface area contributed by atoms with Crippen LogP contribution in [-0.4, -0.2) is 54.3 Å². The molecule has 1 aromatic heterocycles. The maximum absolute atomic E-state index is 13.0. The van der Waals surface area contributed by atoms with Gasteiger partial charge >= 0.3 is 0 Å². The predicted molar refractivity (Wildman–Crippen MR) is 104 cm³/mol. The molecule has 134 valence electrons. The van der Waals surface area contributed by atoms with Gasteiger partial charge in [0.15, 0.2) is 5.96 Å². The fourth-order valence-corrected chi connectivity index (χ4v) is 4.28. The van der Waals surface area contributed by atoms with E-state index in [0.29, 0.717) is 5.96 Å². The summed E-state index contributed by atoms with van der Waals surface area (Å²) >= 11 is 3.43. The highest BCUT2D eigenvalue weighted by Crippen LogP contribution is 2.20. The zero-order chi connectivity index (χ0) is 17.5. The average molecular weight is 380 g/mol. The highest BCUT2D eigenvalue weighted by Gasteiger charge is 2.18. The number of thiazole rings is 1. The first-order valence-corrected chi connectivity index (χ1v) is 10.2. The lowest BCUT2D eigenvalue weighted by atomic mass is 10.2. The summed E-state index contributed by atoms with van der Waals surface area (Å²) in [6.45, 7) is 4.13. The van der Waals surface area contributed by atoms with E-state index in [-0.39, 0.29) is 5.82 Å². The van der Waals surface area contributed by atoms with Crippen LogP contribution in [0.1, 0.15) is 6.42 Å². The van der Waals surface area contributed by atoms with Crippen LogP contribution in [0.4, 0.5) is 10.1 Å². The van der Waals surface area contributed by atoms with Crippen molar-refractivity contribution in [2.75, 3.05) is 43.4 Å². The summed E-state index contributed by atoms with van der Waals surface area (Å²) in [4.78, 5) is 13.1. The third-order valence-corrected chi connectivity index (χ3v) is 6.06. The van der Waals surface area contributed by atoms with Gasteiger partial charge in [-0.1, -0.05) is 11.8 Å². The summed E-state index contributed by atoms with van der Waals surface area (Å²) in [6, 6.07) is 6.65. The zero-order valence-electron chi connectivity index (χ0n) is 14.0. The smallest absolute Gasteiger partial charge is 0.191 e. The molecule has 1 aliphatic rings. The lowest BCUT2D eigenvalue weighted by Crippen LogP contribution is -2.51. The predicted octanol–water partition coefficient (Wildman–Crippen LogP) is 2.90. The van der Waals surface area contributed by atoms with Gasteiger partial charge < -0.3 is 15.5 Å². The number of anilines is 1. The Labute approximate surface area is 155 Å². The molecular weight excluding hydrogens is 357 g/mol. The quantitative estimate of drug-likeness (QED) is 0.362. The maximum Gasteiger partial charge on any atom is 0.191 e. The molecule has 8 heteroatoms. The van der Waals surface area contributed by atoms with E-state index in [4.69, 9.17) is 5.73 Å². The fourth-order valence-electron chi connectivity index (χ4n) is 2.64. The molecule has 2 N–H and O–H groups in total. The second-order valence-electron chi connectivity index (χ2n) is 5.69. The number of aromatic nitrogens is 1. The minimum absolute atomic E-state index is 0.202. The Kier molecular flexibility index (Phi) is 6.52. The molecule has 1 aromatic carbocycles. The third-order valence-electron chi connectivity index (χ3n) is 4.01. The monoisotopic (exact) mass is 379 g/mol.